The van der Waals surface area contributed by atoms with Gasteiger partial charge in [-0.3, -0.25) is 0 Å². The van der Waals surface area contributed by atoms with Crippen molar-refractivity contribution in [2.24, 2.45) is 0 Å². The maximum absolute atomic E-state index is 6.25. The molecule has 0 saturated heterocycles. The van der Waals surface area contributed by atoms with E-state index in [2.05, 4.69) is 23.2 Å². The lowest BCUT2D eigenvalue weighted by Crippen LogP contribution is -2.28. The fourth-order valence-corrected chi connectivity index (χ4v) is 2.08. The van der Waals surface area contributed by atoms with Gasteiger partial charge < -0.3 is 15.0 Å². The lowest BCUT2D eigenvalue weighted by molar-refractivity contribution is 0.205. The van der Waals surface area contributed by atoms with Gasteiger partial charge in [0.25, 0.3) is 0 Å². The lowest BCUT2D eigenvalue weighted by Gasteiger charge is -2.26. The molecule has 4 heteroatoms. The van der Waals surface area contributed by atoms with Crippen molar-refractivity contribution in [1.82, 2.24) is 5.32 Å². The van der Waals surface area contributed by atoms with Gasteiger partial charge in [-0.05, 0) is 26.1 Å². The minimum Gasteiger partial charge on any atom is -0.383 e. The Bertz CT molecular complexity index is 344. The number of methoxy groups -OCH3 is 1. The summed E-state index contributed by atoms with van der Waals surface area (Å²) in [5.41, 5.74) is 2.33. The summed E-state index contributed by atoms with van der Waals surface area (Å²) in [6.45, 7) is 5.46. The fraction of sp³-hybridized carbons (Fsp3) is 0.538. The maximum atomic E-state index is 6.25. The Balaban J connectivity index is 2.96. The lowest BCUT2D eigenvalue weighted by atomic mass is 10.1. The number of hydrogen-bond donors (Lipinski definition) is 1. The van der Waals surface area contributed by atoms with E-state index in [1.807, 2.05) is 19.2 Å². The van der Waals surface area contributed by atoms with Gasteiger partial charge in [0, 0.05) is 43.0 Å². The van der Waals surface area contributed by atoms with E-state index < -0.39 is 0 Å². The van der Waals surface area contributed by atoms with Gasteiger partial charge in [0.2, 0.25) is 0 Å². The van der Waals surface area contributed by atoms with Crippen LogP contribution in [0.1, 0.15) is 12.5 Å². The van der Waals surface area contributed by atoms with Crippen LogP contribution in [0.5, 0.6) is 0 Å². The monoisotopic (exact) mass is 256 g/mol. The van der Waals surface area contributed by atoms with Crippen LogP contribution in [-0.4, -0.2) is 33.9 Å². The zero-order chi connectivity index (χ0) is 12.7. The molecule has 0 spiro atoms. The van der Waals surface area contributed by atoms with Crippen LogP contribution >= 0.6 is 11.6 Å². The maximum Gasteiger partial charge on any atom is 0.0637 e. The first-order valence-corrected chi connectivity index (χ1v) is 6.28. The number of rotatable bonds is 7. The van der Waals surface area contributed by atoms with Crippen LogP contribution in [0.4, 0.5) is 5.69 Å². The van der Waals surface area contributed by atoms with Gasteiger partial charge in [0.15, 0.2) is 0 Å². The number of nitrogens with one attached hydrogen (secondary N) is 1. The second-order valence-corrected chi connectivity index (χ2v) is 4.25. The van der Waals surface area contributed by atoms with Gasteiger partial charge in [0.05, 0.1) is 6.61 Å². The van der Waals surface area contributed by atoms with Crippen LogP contribution in [-0.2, 0) is 11.3 Å². The molecule has 0 saturated carbocycles. The predicted molar refractivity (Wildman–Crippen MR) is 74.0 cm³/mol. The van der Waals surface area contributed by atoms with Crippen LogP contribution in [0.25, 0.3) is 0 Å². The first kappa shape index (κ1) is 14.3. The molecule has 0 aliphatic carbocycles. The van der Waals surface area contributed by atoms with Crippen molar-refractivity contribution < 1.29 is 4.74 Å². The highest BCUT2D eigenvalue weighted by Gasteiger charge is 2.11. The van der Waals surface area contributed by atoms with Crippen molar-refractivity contribution in [3.05, 3.63) is 28.8 Å². The number of ether oxygens (including phenoxy) is 1. The summed E-state index contributed by atoms with van der Waals surface area (Å²) in [6, 6.07) is 6.03. The molecular weight excluding hydrogens is 236 g/mol. The quantitative estimate of drug-likeness (QED) is 0.812. The molecule has 0 bridgehead atoms. The summed E-state index contributed by atoms with van der Waals surface area (Å²) in [5.74, 6) is 0. The van der Waals surface area contributed by atoms with Crippen LogP contribution in [0, 0.1) is 0 Å². The Labute approximate surface area is 109 Å². The van der Waals surface area contributed by atoms with E-state index in [-0.39, 0.29) is 0 Å². The summed E-state index contributed by atoms with van der Waals surface area (Å²) in [7, 11) is 3.65. The minimum absolute atomic E-state index is 0.722. The second-order valence-electron chi connectivity index (χ2n) is 3.84. The summed E-state index contributed by atoms with van der Waals surface area (Å²) in [5, 5.41) is 3.97. The summed E-state index contributed by atoms with van der Waals surface area (Å²) in [4.78, 5) is 2.28. The highest BCUT2D eigenvalue weighted by atomic mass is 35.5. The van der Waals surface area contributed by atoms with Crippen LogP contribution in [0.2, 0.25) is 5.02 Å². The highest BCUT2D eigenvalue weighted by Crippen LogP contribution is 2.27. The zero-order valence-corrected chi connectivity index (χ0v) is 11.5. The van der Waals surface area contributed by atoms with Crippen LogP contribution in [0.3, 0.4) is 0 Å². The highest BCUT2D eigenvalue weighted by molar-refractivity contribution is 6.31. The van der Waals surface area contributed by atoms with Crippen molar-refractivity contribution in [1.29, 1.82) is 0 Å². The Hall–Kier alpha value is -0.770. The van der Waals surface area contributed by atoms with E-state index in [4.69, 9.17) is 16.3 Å². The van der Waals surface area contributed by atoms with Gasteiger partial charge in [-0.1, -0.05) is 17.7 Å². The van der Waals surface area contributed by atoms with E-state index in [1.54, 1.807) is 7.11 Å². The molecule has 1 aromatic carbocycles. The smallest absolute Gasteiger partial charge is 0.0637 e. The van der Waals surface area contributed by atoms with Crippen molar-refractivity contribution in [2.75, 3.05) is 38.8 Å². The molecular formula is C13H21ClN2O. The average molecular weight is 257 g/mol. The van der Waals surface area contributed by atoms with Gasteiger partial charge in [-0.15, -0.1) is 0 Å². The minimum atomic E-state index is 0.722. The zero-order valence-electron chi connectivity index (χ0n) is 10.8. The Morgan fingerprint density at radius 2 is 2.18 bits per heavy atom. The molecule has 0 amide bonds. The van der Waals surface area contributed by atoms with E-state index in [9.17, 15) is 0 Å². The molecule has 96 valence electrons. The molecule has 0 aromatic heterocycles. The summed E-state index contributed by atoms with van der Waals surface area (Å²) < 4.78 is 5.14. The molecule has 0 aliphatic heterocycles. The molecule has 0 unspecified atom stereocenters. The topological polar surface area (TPSA) is 24.5 Å². The molecule has 1 aromatic rings. The first-order valence-electron chi connectivity index (χ1n) is 5.90. The number of anilines is 1. The second kappa shape index (κ2) is 7.54. The summed E-state index contributed by atoms with van der Waals surface area (Å²) >= 11 is 6.25. The molecule has 0 aliphatic rings. The number of nitrogens with zero attached hydrogens (tertiary/aromatic N) is 1. The molecule has 0 atom stereocenters. The molecule has 1 N–H and O–H groups in total. The molecule has 0 radical (unpaired) electrons. The fourth-order valence-electron chi connectivity index (χ4n) is 1.85. The third-order valence-electron chi connectivity index (χ3n) is 2.74. The van der Waals surface area contributed by atoms with Crippen molar-refractivity contribution in [2.45, 2.75) is 13.5 Å². The normalized spacial score (nSPS) is 10.6. The van der Waals surface area contributed by atoms with E-state index in [0.29, 0.717) is 0 Å². The van der Waals surface area contributed by atoms with Crippen LogP contribution < -0.4 is 10.2 Å². The first-order chi connectivity index (χ1) is 8.24. The Morgan fingerprint density at radius 3 is 2.76 bits per heavy atom. The van der Waals surface area contributed by atoms with Crippen molar-refractivity contribution in [3.63, 3.8) is 0 Å². The number of halogens is 1. The van der Waals surface area contributed by atoms with Gasteiger partial charge >= 0.3 is 0 Å². The largest absolute Gasteiger partial charge is 0.383 e. The van der Waals surface area contributed by atoms with E-state index in [1.165, 1.54) is 5.69 Å². The van der Waals surface area contributed by atoms with Gasteiger partial charge in [0.1, 0.15) is 0 Å². The van der Waals surface area contributed by atoms with Crippen molar-refractivity contribution in [3.8, 4) is 0 Å². The van der Waals surface area contributed by atoms with Gasteiger partial charge in [-0.25, -0.2) is 0 Å². The number of likely N-dealkylation sites (N-methyl/N-ethyl adjacent to an activating group) is 1. The SMILES string of the molecule is CCN(CCOC)c1cccc(Cl)c1CNC. The molecule has 0 heterocycles. The van der Waals surface area contributed by atoms with Gasteiger partial charge in [-0.2, -0.15) is 0 Å². The van der Waals surface area contributed by atoms with Crippen molar-refractivity contribution >= 4 is 17.3 Å². The Kier molecular flexibility index (Phi) is 6.34. The molecule has 17 heavy (non-hydrogen) atoms. The van der Waals surface area contributed by atoms with E-state index >= 15 is 0 Å². The predicted octanol–water partition coefficient (Wildman–Crippen LogP) is 2.53. The Morgan fingerprint density at radius 1 is 1.41 bits per heavy atom. The van der Waals surface area contributed by atoms with Crippen LogP contribution in [0.15, 0.2) is 18.2 Å². The van der Waals surface area contributed by atoms with E-state index in [0.717, 1.165) is 36.8 Å². The number of benzene rings is 1. The standard InChI is InChI=1S/C13H21ClN2O/c1-4-16(8-9-17-3)13-7-5-6-12(14)11(13)10-15-2/h5-7,15H,4,8-10H2,1-3H3. The average Bonchev–Trinajstić information content (AvgIpc) is 2.34. The summed E-state index contributed by atoms with van der Waals surface area (Å²) in [6.07, 6.45) is 0. The number of hydrogen-bond acceptors (Lipinski definition) is 3. The third-order valence-corrected chi connectivity index (χ3v) is 3.09. The molecule has 3 nitrogen and oxygen atoms in total. The molecule has 0 fully saturated rings. The third kappa shape index (κ3) is 3.87. The molecule has 1 rings (SSSR count).